The summed E-state index contributed by atoms with van der Waals surface area (Å²) < 4.78 is 31.8. The number of hydrogen-bond acceptors (Lipinski definition) is 2. The van der Waals surface area contributed by atoms with Crippen LogP contribution in [-0.2, 0) is 6.54 Å². The van der Waals surface area contributed by atoms with Crippen molar-refractivity contribution in [3.63, 3.8) is 0 Å². The van der Waals surface area contributed by atoms with Crippen LogP contribution in [0.25, 0.3) is 0 Å². The molecule has 0 radical (unpaired) electrons. The van der Waals surface area contributed by atoms with E-state index < -0.39 is 11.6 Å². The van der Waals surface area contributed by atoms with Gasteiger partial charge in [-0.05, 0) is 24.3 Å². The van der Waals surface area contributed by atoms with Gasteiger partial charge in [0, 0.05) is 18.2 Å². The summed E-state index contributed by atoms with van der Waals surface area (Å²) in [5, 5.41) is 0. The first-order valence-corrected chi connectivity index (χ1v) is 5.11. The number of ether oxygens (including phenoxy) is 1. The van der Waals surface area contributed by atoms with Gasteiger partial charge in [0.25, 0.3) is 0 Å². The van der Waals surface area contributed by atoms with Crippen molar-refractivity contribution in [1.29, 1.82) is 0 Å². The van der Waals surface area contributed by atoms with Gasteiger partial charge in [-0.25, -0.2) is 8.78 Å². The molecule has 0 atom stereocenters. The van der Waals surface area contributed by atoms with E-state index >= 15 is 0 Å². The van der Waals surface area contributed by atoms with Gasteiger partial charge in [-0.15, -0.1) is 0 Å². The third-order valence-electron chi connectivity index (χ3n) is 2.30. The molecule has 0 saturated heterocycles. The van der Waals surface area contributed by atoms with Crippen LogP contribution in [0.15, 0.2) is 42.5 Å². The molecule has 0 aliphatic carbocycles. The Morgan fingerprint density at radius 2 is 1.82 bits per heavy atom. The summed E-state index contributed by atoms with van der Waals surface area (Å²) in [4.78, 5) is 0. The van der Waals surface area contributed by atoms with Gasteiger partial charge in [0.15, 0.2) is 0 Å². The average molecular weight is 235 g/mol. The van der Waals surface area contributed by atoms with Crippen LogP contribution in [0.1, 0.15) is 5.56 Å². The van der Waals surface area contributed by atoms with Crippen molar-refractivity contribution < 1.29 is 13.5 Å². The first-order chi connectivity index (χ1) is 8.20. The Morgan fingerprint density at radius 1 is 1.06 bits per heavy atom. The maximum absolute atomic E-state index is 13.4. The maximum Gasteiger partial charge on any atom is 0.134 e. The van der Waals surface area contributed by atoms with Crippen LogP contribution >= 0.6 is 0 Å². The average Bonchev–Trinajstić information content (AvgIpc) is 2.29. The largest absolute Gasteiger partial charge is 0.457 e. The highest BCUT2D eigenvalue weighted by Gasteiger charge is 2.08. The maximum atomic E-state index is 13.4. The van der Waals surface area contributed by atoms with E-state index in [9.17, 15) is 8.78 Å². The standard InChI is InChI=1S/C13H11F2NO/c14-9-3-1-4-10(7-9)17-13-6-2-5-12(15)11(13)8-16/h1-7H,8,16H2. The second kappa shape index (κ2) is 4.93. The summed E-state index contributed by atoms with van der Waals surface area (Å²) in [6, 6.07) is 10.1. The van der Waals surface area contributed by atoms with Crippen molar-refractivity contribution in [3.8, 4) is 11.5 Å². The number of benzene rings is 2. The van der Waals surface area contributed by atoms with Crippen LogP contribution in [0.3, 0.4) is 0 Å². The van der Waals surface area contributed by atoms with E-state index in [2.05, 4.69) is 0 Å². The van der Waals surface area contributed by atoms with Crippen LogP contribution in [0, 0.1) is 11.6 Å². The van der Waals surface area contributed by atoms with Gasteiger partial charge >= 0.3 is 0 Å². The zero-order valence-electron chi connectivity index (χ0n) is 8.99. The molecule has 0 fully saturated rings. The summed E-state index contributed by atoms with van der Waals surface area (Å²) >= 11 is 0. The van der Waals surface area contributed by atoms with E-state index in [4.69, 9.17) is 10.5 Å². The van der Waals surface area contributed by atoms with Crippen LogP contribution in [-0.4, -0.2) is 0 Å². The molecule has 0 spiro atoms. The fourth-order valence-electron chi connectivity index (χ4n) is 1.49. The van der Waals surface area contributed by atoms with Crippen LogP contribution in [0.2, 0.25) is 0 Å². The molecule has 17 heavy (non-hydrogen) atoms. The van der Waals surface area contributed by atoms with Crippen molar-refractivity contribution in [1.82, 2.24) is 0 Å². The van der Waals surface area contributed by atoms with E-state index in [1.165, 1.54) is 30.3 Å². The van der Waals surface area contributed by atoms with E-state index in [1.807, 2.05) is 0 Å². The first kappa shape index (κ1) is 11.5. The summed E-state index contributed by atoms with van der Waals surface area (Å²) in [6.45, 7) is 0.0251. The molecule has 2 aromatic carbocycles. The topological polar surface area (TPSA) is 35.2 Å². The Bertz CT molecular complexity index is 529. The molecule has 0 amide bonds. The van der Waals surface area contributed by atoms with Crippen molar-refractivity contribution in [2.24, 2.45) is 5.73 Å². The van der Waals surface area contributed by atoms with Gasteiger partial charge in [0.1, 0.15) is 23.1 Å². The fourth-order valence-corrected chi connectivity index (χ4v) is 1.49. The molecule has 2 aromatic rings. The second-order valence-corrected chi connectivity index (χ2v) is 3.48. The SMILES string of the molecule is NCc1c(F)cccc1Oc1cccc(F)c1. The molecule has 0 saturated carbocycles. The van der Waals surface area contributed by atoms with E-state index in [0.717, 1.165) is 0 Å². The molecule has 0 aromatic heterocycles. The number of hydrogen-bond donors (Lipinski definition) is 1. The summed E-state index contributed by atoms with van der Waals surface area (Å²) in [7, 11) is 0. The number of rotatable bonds is 3. The van der Waals surface area contributed by atoms with Crippen molar-refractivity contribution in [2.75, 3.05) is 0 Å². The van der Waals surface area contributed by atoms with Gasteiger partial charge in [0.2, 0.25) is 0 Å². The van der Waals surface area contributed by atoms with Gasteiger partial charge in [-0.3, -0.25) is 0 Å². The van der Waals surface area contributed by atoms with Crippen LogP contribution in [0.4, 0.5) is 8.78 Å². The molecule has 0 heterocycles. The third kappa shape index (κ3) is 2.60. The minimum atomic E-state index is -0.429. The lowest BCUT2D eigenvalue weighted by atomic mass is 10.2. The normalized spacial score (nSPS) is 10.3. The quantitative estimate of drug-likeness (QED) is 0.886. The van der Waals surface area contributed by atoms with Crippen molar-refractivity contribution >= 4 is 0 Å². The Kier molecular flexibility index (Phi) is 3.35. The van der Waals surface area contributed by atoms with E-state index in [0.29, 0.717) is 11.5 Å². The van der Waals surface area contributed by atoms with Crippen LogP contribution in [0.5, 0.6) is 11.5 Å². The molecule has 0 bridgehead atoms. The molecule has 0 aliphatic heterocycles. The zero-order chi connectivity index (χ0) is 12.3. The Morgan fingerprint density at radius 3 is 2.53 bits per heavy atom. The Labute approximate surface area is 97.6 Å². The van der Waals surface area contributed by atoms with Crippen molar-refractivity contribution in [2.45, 2.75) is 6.54 Å². The molecule has 88 valence electrons. The van der Waals surface area contributed by atoms with Gasteiger partial charge < -0.3 is 10.5 Å². The molecule has 4 heteroatoms. The zero-order valence-corrected chi connectivity index (χ0v) is 8.99. The lowest BCUT2D eigenvalue weighted by Crippen LogP contribution is -2.02. The molecule has 0 aliphatic rings. The highest BCUT2D eigenvalue weighted by atomic mass is 19.1. The third-order valence-corrected chi connectivity index (χ3v) is 2.30. The van der Waals surface area contributed by atoms with Gasteiger partial charge in [-0.2, -0.15) is 0 Å². The number of nitrogens with two attached hydrogens (primary N) is 1. The molecule has 2 N–H and O–H groups in total. The Balaban J connectivity index is 2.33. The molecule has 2 rings (SSSR count). The molecular formula is C13H11F2NO. The minimum absolute atomic E-state index is 0.0251. The summed E-state index contributed by atoms with van der Waals surface area (Å²) in [5.74, 6) is -0.224. The summed E-state index contributed by atoms with van der Waals surface area (Å²) in [5.41, 5.74) is 5.72. The first-order valence-electron chi connectivity index (χ1n) is 5.11. The fraction of sp³-hybridized carbons (Fsp3) is 0.0769. The van der Waals surface area contributed by atoms with Gasteiger partial charge in [0.05, 0.1) is 0 Å². The predicted octanol–water partition coefficient (Wildman–Crippen LogP) is 3.22. The summed E-state index contributed by atoms with van der Waals surface area (Å²) in [6.07, 6.45) is 0. The lowest BCUT2D eigenvalue weighted by molar-refractivity contribution is 0.462. The molecule has 0 unspecified atom stereocenters. The van der Waals surface area contributed by atoms with E-state index in [-0.39, 0.29) is 12.1 Å². The number of halogens is 2. The van der Waals surface area contributed by atoms with Gasteiger partial charge in [-0.1, -0.05) is 12.1 Å². The molecule has 2 nitrogen and oxygen atoms in total. The lowest BCUT2D eigenvalue weighted by Gasteiger charge is -2.10. The van der Waals surface area contributed by atoms with Crippen LogP contribution < -0.4 is 10.5 Å². The van der Waals surface area contributed by atoms with Crippen molar-refractivity contribution in [3.05, 3.63) is 59.7 Å². The molecular weight excluding hydrogens is 224 g/mol. The predicted molar refractivity (Wildman–Crippen MR) is 60.8 cm³/mol. The monoisotopic (exact) mass is 235 g/mol. The van der Waals surface area contributed by atoms with E-state index in [1.54, 1.807) is 12.1 Å². The Hall–Kier alpha value is -1.94. The second-order valence-electron chi connectivity index (χ2n) is 3.48. The highest BCUT2D eigenvalue weighted by Crippen LogP contribution is 2.27. The smallest absolute Gasteiger partial charge is 0.134 e. The highest BCUT2D eigenvalue weighted by molar-refractivity contribution is 5.38. The minimum Gasteiger partial charge on any atom is -0.457 e.